The van der Waals surface area contributed by atoms with Gasteiger partial charge in [-0.1, -0.05) is 12.1 Å². The van der Waals surface area contributed by atoms with Crippen LogP contribution in [0.4, 0.5) is 4.39 Å². The normalized spacial score (nSPS) is 19.6. The highest BCUT2D eigenvalue weighted by Gasteiger charge is 2.28. The summed E-state index contributed by atoms with van der Waals surface area (Å²) in [5, 5.41) is 12.7. The first-order chi connectivity index (χ1) is 9.66. The van der Waals surface area contributed by atoms with E-state index in [1.807, 2.05) is 6.07 Å². The summed E-state index contributed by atoms with van der Waals surface area (Å²) >= 11 is 5.05. The van der Waals surface area contributed by atoms with Gasteiger partial charge in [-0.25, -0.2) is 4.39 Å². The van der Waals surface area contributed by atoms with Crippen LogP contribution in [0, 0.1) is 5.82 Å². The van der Waals surface area contributed by atoms with Crippen molar-refractivity contribution in [1.82, 2.24) is 0 Å². The van der Waals surface area contributed by atoms with E-state index in [9.17, 15) is 9.50 Å². The SMILES string of the molecule is OC(Cc1cccc(F)c1Br)C1CCCc2sccc21. The van der Waals surface area contributed by atoms with Crippen LogP contribution in [0.15, 0.2) is 34.1 Å². The summed E-state index contributed by atoms with van der Waals surface area (Å²) in [6.45, 7) is 0. The summed E-state index contributed by atoms with van der Waals surface area (Å²) in [4.78, 5) is 1.40. The third-order valence-corrected chi connectivity index (χ3v) is 5.91. The quantitative estimate of drug-likeness (QED) is 0.848. The average molecular weight is 355 g/mol. The molecule has 2 aromatic rings. The Morgan fingerprint density at radius 1 is 1.40 bits per heavy atom. The number of aliphatic hydroxyl groups is 1. The Morgan fingerprint density at radius 3 is 3.10 bits per heavy atom. The molecule has 0 radical (unpaired) electrons. The minimum atomic E-state index is -0.457. The summed E-state index contributed by atoms with van der Waals surface area (Å²) in [5.74, 6) is -0.0882. The van der Waals surface area contributed by atoms with Gasteiger partial charge in [0.2, 0.25) is 0 Å². The predicted molar refractivity (Wildman–Crippen MR) is 83.8 cm³/mol. The smallest absolute Gasteiger partial charge is 0.137 e. The highest BCUT2D eigenvalue weighted by molar-refractivity contribution is 9.10. The molecular formula is C16H16BrFOS. The summed E-state index contributed by atoms with van der Waals surface area (Å²) in [5.41, 5.74) is 2.13. The van der Waals surface area contributed by atoms with E-state index in [0.717, 1.165) is 24.8 Å². The van der Waals surface area contributed by atoms with E-state index in [1.54, 1.807) is 17.4 Å². The Balaban J connectivity index is 1.81. The van der Waals surface area contributed by atoms with Crippen molar-refractivity contribution in [3.05, 3.63) is 55.9 Å². The summed E-state index contributed by atoms with van der Waals surface area (Å²) in [7, 11) is 0. The Morgan fingerprint density at radius 2 is 2.25 bits per heavy atom. The zero-order valence-corrected chi connectivity index (χ0v) is 13.4. The zero-order valence-electron chi connectivity index (χ0n) is 11.0. The number of hydrogen-bond acceptors (Lipinski definition) is 2. The molecule has 0 spiro atoms. The number of hydrogen-bond donors (Lipinski definition) is 1. The van der Waals surface area contributed by atoms with Gasteiger partial charge >= 0.3 is 0 Å². The molecule has 0 amide bonds. The molecule has 1 heterocycles. The molecule has 0 aliphatic heterocycles. The van der Waals surface area contributed by atoms with Crippen molar-refractivity contribution in [3.63, 3.8) is 0 Å². The topological polar surface area (TPSA) is 20.2 Å². The standard InChI is InChI=1S/C16H16BrFOS/c17-16-10(3-1-5-13(16)18)9-14(19)11-4-2-6-15-12(11)7-8-20-15/h1,3,5,7-8,11,14,19H,2,4,6,9H2. The molecule has 0 saturated carbocycles. The first-order valence-corrected chi connectivity index (χ1v) is 8.51. The van der Waals surface area contributed by atoms with Crippen LogP contribution < -0.4 is 0 Å². The Labute approximate surface area is 130 Å². The van der Waals surface area contributed by atoms with E-state index in [0.29, 0.717) is 10.9 Å². The molecule has 1 aliphatic carbocycles. The van der Waals surface area contributed by atoms with Crippen LogP contribution in [0.25, 0.3) is 0 Å². The lowest BCUT2D eigenvalue weighted by molar-refractivity contribution is 0.134. The second-order valence-corrected chi connectivity index (χ2v) is 7.08. The Bertz CT molecular complexity index is 610. The molecule has 2 unspecified atom stereocenters. The van der Waals surface area contributed by atoms with Crippen molar-refractivity contribution in [2.24, 2.45) is 0 Å². The van der Waals surface area contributed by atoms with Crippen molar-refractivity contribution in [1.29, 1.82) is 0 Å². The third-order valence-electron chi connectivity index (χ3n) is 4.02. The van der Waals surface area contributed by atoms with Crippen LogP contribution in [0.2, 0.25) is 0 Å². The van der Waals surface area contributed by atoms with Crippen molar-refractivity contribution in [3.8, 4) is 0 Å². The molecule has 1 aromatic carbocycles. The van der Waals surface area contributed by atoms with Gasteiger partial charge in [-0.2, -0.15) is 0 Å². The van der Waals surface area contributed by atoms with Crippen LogP contribution in [-0.4, -0.2) is 11.2 Å². The van der Waals surface area contributed by atoms with Crippen molar-refractivity contribution < 1.29 is 9.50 Å². The van der Waals surface area contributed by atoms with Crippen LogP contribution in [0.3, 0.4) is 0 Å². The largest absolute Gasteiger partial charge is 0.392 e. The van der Waals surface area contributed by atoms with Crippen LogP contribution >= 0.6 is 27.3 Å². The number of thiophene rings is 1. The molecule has 0 saturated heterocycles. The Kier molecular flexibility index (Phi) is 4.24. The molecule has 106 valence electrons. The molecule has 1 aromatic heterocycles. The Hall–Kier alpha value is -0.710. The van der Waals surface area contributed by atoms with Gasteiger partial charge in [0.15, 0.2) is 0 Å². The van der Waals surface area contributed by atoms with Gasteiger partial charge in [0, 0.05) is 17.2 Å². The van der Waals surface area contributed by atoms with Crippen molar-refractivity contribution in [2.75, 3.05) is 0 Å². The number of aliphatic hydroxyl groups excluding tert-OH is 1. The highest BCUT2D eigenvalue weighted by atomic mass is 79.9. The molecule has 4 heteroatoms. The first-order valence-electron chi connectivity index (χ1n) is 6.84. The lowest BCUT2D eigenvalue weighted by Gasteiger charge is -2.27. The maximum atomic E-state index is 13.5. The van der Waals surface area contributed by atoms with Gasteiger partial charge < -0.3 is 5.11 Å². The van der Waals surface area contributed by atoms with Gasteiger partial charge in [0.1, 0.15) is 5.82 Å². The van der Waals surface area contributed by atoms with E-state index in [2.05, 4.69) is 27.4 Å². The van der Waals surface area contributed by atoms with Gasteiger partial charge in [0.05, 0.1) is 10.6 Å². The maximum absolute atomic E-state index is 13.5. The fraction of sp³-hybridized carbons (Fsp3) is 0.375. The number of benzene rings is 1. The molecule has 1 nitrogen and oxygen atoms in total. The molecule has 2 atom stereocenters. The van der Waals surface area contributed by atoms with E-state index < -0.39 is 6.10 Å². The summed E-state index contributed by atoms with van der Waals surface area (Å²) in [6, 6.07) is 7.12. The molecule has 0 bridgehead atoms. The summed E-state index contributed by atoms with van der Waals surface area (Å²) in [6.07, 6.45) is 3.29. The predicted octanol–water partition coefficient (Wildman–Crippen LogP) is 4.67. The number of fused-ring (bicyclic) bond motifs is 1. The second kappa shape index (κ2) is 5.96. The zero-order chi connectivity index (χ0) is 14.1. The van der Waals surface area contributed by atoms with Crippen LogP contribution in [-0.2, 0) is 12.8 Å². The van der Waals surface area contributed by atoms with Gasteiger partial charge in [-0.05, 0) is 63.8 Å². The number of halogens is 2. The fourth-order valence-electron chi connectivity index (χ4n) is 3.00. The lowest BCUT2D eigenvalue weighted by atomic mass is 9.82. The molecule has 3 rings (SSSR count). The maximum Gasteiger partial charge on any atom is 0.137 e. The van der Waals surface area contributed by atoms with Gasteiger partial charge in [-0.3, -0.25) is 0 Å². The van der Waals surface area contributed by atoms with E-state index in [-0.39, 0.29) is 11.7 Å². The molecular weight excluding hydrogens is 339 g/mol. The minimum Gasteiger partial charge on any atom is -0.392 e. The molecule has 20 heavy (non-hydrogen) atoms. The lowest BCUT2D eigenvalue weighted by Crippen LogP contribution is -2.24. The average Bonchev–Trinajstić information content (AvgIpc) is 2.92. The molecule has 0 fully saturated rings. The molecule has 1 aliphatic rings. The van der Waals surface area contributed by atoms with Crippen molar-refractivity contribution in [2.45, 2.75) is 37.7 Å². The first kappa shape index (κ1) is 14.2. The monoisotopic (exact) mass is 354 g/mol. The summed E-state index contributed by atoms with van der Waals surface area (Å²) < 4.78 is 14.0. The van der Waals surface area contributed by atoms with Crippen LogP contribution in [0.1, 0.15) is 34.8 Å². The molecule has 1 N–H and O–H groups in total. The van der Waals surface area contributed by atoms with E-state index >= 15 is 0 Å². The van der Waals surface area contributed by atoms with Crippen molar-refractivity contribution >= 4 is 27.3 Å². The van der Waals surface area contributed by atoms with Crippen LogP contribution in [0.5, 0.6) is 0 Å². The number of rotatable bonds is 3. The van der Waals surface area contributed by atoms with Gasteiger partial charge in [0.25, 0.3) is 0 Å². The van der Waals surface area contributed by atoms with Gasteiger partial charge in [-0.15, -0.1) is 11.3 Å². The second-order valence-electron chi connectivity index (χ2n) is 5.28. The fourth-order valence-corrected chi connectivity index (χ4v) is 4.42. The minimum absolute atomic E-state index is 0.181. The highest BCUT2D eigenvalue weighted by Crippen LogP contribution is 2.38. The van der Waals surface area contributed by atoms with E-state index in [4.69, 9.17) is 0 Å². The number of aryl methyl sites for hydroxylation is 1. The third kappa shape index (κ3) is 2.69. The van der Waals surface area contributed by atoms with E-state index in [1.165, 1.54) is 16.5 Å².